The number of carbonyl (C=O) groups excluding carboxylic acids is 2. The average molecular weight is 343 g/mol. The number of hydrogen-bond acceptors (Lipinski definition) is 3. The van der Waals surface area contributed by atoms with Gasteiger partial charge in [-0.25, -0.2) is 4.79 Å². The molecule has 6 heteroatoms. The first kappa shape index (κ1) is 16.5. The molecular weight excluding hydrogens is 322 g/mol. The van der Waals surface area contributed by atoms with E-state index in [-0.39, 0.29) is 18.0 Å². The predicted molar refractivity (Wildman–Crippen MR) is 94.9 cm³/mol. The van der Waals surface area contributed by atoms with E-state index in [1.165, 1.54) is 0 Å². The van der Waals surface area contributed by atoms with Gasteiger partial charge in [0.1, 0.15) is 6.04 Å². The van der Waals surface area contributed by atoms with Crippen molar-refractivity contribution in [1.29, 1.82) is 0 Å². The largest absolute Gasteiger partial charge is 0.354 e. The number of carbonyl (C=O) groups is 2. The third kappa shape index (κ3) is 4.14. The van der Waals surface area contributed by atoms with Crippen LogP contribution in [0.1, 0.15) is 35.7 Å². The Morgan fingerprint density at radius 3 is 2.75 bits per heavy atom. The van der Waals surface area contributed by atoms with Crippen molar-refractivity contribution in [2.24, 2.45) is 0 Å². The smallest absolute Gasteiger partial charge is 0.316 e. The SMILES string of the molecule is O=C(N[C@@H](c1ccccc1)c1cccs1)N[C@@H]1CCCCNC1=O. The van der Waals surface area contributed by atoms with Gasteiger partial charge in [-0.1, -0.05) is 36.4 Å². The van der Waals surface area contributed by atoms with Gasteiger partial charge >= 0.3 is 6.03 Å². The molecule has 126 valence electrons. The van der Waals surface area contributed by atoms with E-state index < -0.39 is 6.04 Å². The summed E-state index contributed by atoms with van der Waals surface area (Å²) in [6.07, 6.45) is 2.55. The normalized spacial score (nSPS) is 19.0. The molecule has 0 saturated carbocycles. The fourth-order valence-corrected chi connectivity index (χ4v) is 3.63. The van der Waals surface area contributed by atoms with E-state index >= 15 is 0 Å². The molecule has 2 atom stereocenters. The molecule has 0 bridgehead atoms. The minimum Gasteiger partial charge on any atom is -0.354 e. The molecule has 1 aliphatic rings. The van der Waals surface area contributed by atoms with Gasteiger partial charge in [0, 0.05) is 11.4 Å². The summed E-state index contributed by atoms with van der Waals surface area (Å²) in [5, 5.41) is 10.6. The van der Waals surface area contributed by atoms with Crippen LogP contribution in [-0.2, 0) is 4.79 Å². The zero-order valence-electron chi connectivity index (χ0n) is 13.3. The molecule has 1 aliphatic heterocycles. The van der Waals surface area contributed by atoms with Crippen molar-refractivity contribution >= 4 is 23.3 Å². The number of amides is 3. The molecule has 5 nitrogen and oxygen atoms in total. The molecular formula is C18H21N3O2S. The Morgan fingerprint density at radius 2 is 2.00 bits per heavy atom. The maximum atomic E-state index is 12.5. The summed E-state index contributed by atoms with van der Waals surface area (Å²) in [6, 6.07) is 12.8. The number of nitrogens with one attached hydrogen (secondary N) is 3. The Hall–Kier alpha value is -2.34. The Kier molecular flexibility index (Phi) is 5.48. The van der Waals surface area contributed by atoms with E-state index in [0.29, 0.717) is 13.0 Å². The van der Waals surface area contributed by atoms with E-state index in [1.807, 2.05) is 47.8 Å². The third-order valence-electron chi connectivity index (χ3n) is 4.08. The first-order valence-corrected chi connectivity index (χ1v) is 9.05. The van der Waals surface area contributed by atoms with Crippen LogP contribution in [0.5, 0.6) is 0 Å². The number of thiophene rings is 1. The van der Waals surface area contributed by atoms with Crippen LogP contribution in [0.25, 0.3) is 0 Å². The van der Waals surface area contributed by atoms with Gasteiger partial charge in [0.25, 0.3) is 0 Å². The van der Waals surface area contributed by atoms with Crippen molar-refractivity contribution in [1.82, 2.24) is 16.0 Å². The van der Waals surface area contributed by atoms with Crippen LogP contribution in [0.15, 0.2) is 47.8 Å². The van der Waals surface area contributed by atoms with Crippen LogP contribution in [-0.4, -0.2) is 24.5 Å². The fraction of sp³-hybridized carbons (Fsp3) is 0.333. The summed E-state index contributed by atoms with van der Waals surface area (Å²) in [4.78, 5) is 25.5. The molecule has 1 aromatic carbocycles. The van der Waals surface area contributed by atoms with Gasteiger partial charge in [-0.2, -0.15) is 0 Å². The van der Waals surface area contributed by atoms with Crippen molar-refractivity contribution < 1.29 is 9.59 Å². The van der Waals surface area contributed by atoms with E-state index in [4.69, 9.17) is 0 Å². The highest BCUT2D eigenvalue weighted by Gasteiger charge is 2.24. The molecule has 1 aromatic heterocycles. The first-order valence-electron chi connectivity index (χ1n) is 8.17. The molecule has 3 N–H and O–H groups in total. The summed E-state index contributed by atoms with van der Waals surface area (Å²) < 4.78 is 0. The van der Waals surface area contributed by atoms with Gasteiger partial charge in [-0.3, -0.25) is 4.79 Å². The summed E-state index contributed by atoms with van der Waals surface area (Å²) in [5.41, 5.74) is 1.01. The van der Waals surface area contributed by atoms with Gasteiger partial charge in [0.05, 0.1) is 6.04 Å². The minimum absolute atomic E-state index is 0.102. The number of urea groups is 1. The molecule has 0 aliphatic carbocycles. The van der Waals surface area contributed by atoms with Crippen LogP contribution in [0, 0.1) is 0 Å². The monoisotopic (exact) mass is 343 g/mol. The van der Waals surface area contributed by atoms with Crippen LogP contribution in [0.3, 0.4) is 0 Å². The van der Waals surface area contributed by atoms with Gasteiger partial charge in [-0.15, -0.1) is 11.3 Å². The summed E-state index contributed by atoms with van der Waals surface area (Å²) in [5.74, 6) is -0.102. The van der Waals surface area contributed by atoms with E-state index in [1.54, 1.807) is 11.3 Å². The van der Waals surface area contributed by atoms with E-state index in [0.717, 1.165) is 23.3 Å². The highest BCUT2D eigenvalue weighted by atomic mass is 32.1. The lowest BCUT2D eigenvalue weighted by Crippen LogP contribution is -2.49. The molecule has 3 rings (SSSR count). The first-order chi connectivity index (χ1) is 11.7. The van der Waals surface area contributed by atoms with Gasteiger partial charge in [0.2, 0.25) is 5.91 Å². The van der Waals surface area contributed by atoms with Crippen molar-refractivity contribution in [3.63, 3.8) is 0 Å². The van der Waals surface area contributed by atoms with Crippen LogP contribution in [0.2, 0.25) is 0 Å². The maximum Gasteiger partial charge on any atom is 0.316 e. The predicted octanol–water partition coefficient (Wildman–Crippen LogP) is 2.81. The summed E-state index contributed by atoms with van der Waals surface area (Å²) >= 11 is 1.60. The molecule has 2 aromatic rings. The highest BCUT2D eigenvalue weighted by Crippen LogP contribution is 2.25. The maximum absolute atomic E-state index is 12.5. The van der Waals surface area contributed by atoms with E-state index in [9.17, 15) is 9.59 Å². The molecule has 0 radical (unpaired) electrons. The molecule has 0 unspecified atom stereocenters. The quantitative estimate of drug-likeness (QED) is 0.799. The third-order valence-corrected chi connectivity index (χ3v) is 5.01. The van der Waals surface area contributed by atoms with Crippen LogP contribution >= 0.6 is 11.3 Å². The minimum atomic E-state index is -0.466. The van der Waals surface area contributed by atoms with Gasteiger partial charge in [-0.05, 0) is 36.3 Å². The zero-order chi connectivity index (χ0) is 16.8. The number of hydrogen-bond donors (Lipinski definition) is 3. The Bertz CT molecular complexity index is 673. The summed E-state index contributed by atoms with van der Waals surface area (Å²) in [6.45, 7) is 0.681. The van der Waals surface area contributed by atoms with E-state index in [2.05, 4.69) is 16.0 Å². The van der Waals surface area contributed by atoms with Gasteiger partial charge in [0.15, 0.2) is 0 Å². The number of rotatable bonds is 4. The molecule has 1 saturated heterocycles. The second-order valence-electron chi connectivity index (χ2n) is 5.82. The van der Waals surface area contributed by atoms with Crippen molar-refractivity contribution in [3.05, 3.63) is 58.3 Å². The van der Waals surface area contributed by atoms with Crippen LogP contribution in [0.4, 0.5) is 4.79 Å². The summed E-state index contributed by atoms with van der Waals surface area (Å²) in [7, 11) is 0. The molecule has 2 heterocycles. The molecule has 24 heavy (non-hydrogen) atoms. The number of benzene rings is 1. The molecule has 1 fully saturated rings. The Morgan fingerprint density at radius 1 is 1.17 bits per heavy atom. The lowest BCUT2D eigenvalue weighted by molar-refractivity contribution is -0.122. The fourth-order valence-electron chi connectivity index (χ4n) is 2.83. The lowest BCUT2D eigenvalue weighted by Gasteiger charge is -2.21. The topological polar surface area (TPSA) is 70.2 Å². The van der Waals surface area contributed by atoms with Crippen molar-refractivity contribution in [2.45, 2.75) is 31.3 Å². The standard InChI is InChI=1S/C18H21N3O2S/c22-17-14(9-4-5-11-19-17)20-18(23)21-16(15-10-6-12-24-15)13-7-2-1-3-8-13/h1-3,6-8,10,12,14,16H,4-5,9,11H2,(H,19,22)(H2,20,21,23)/t14-,16+/m1/s1. The second-order valence-corrected chi connectivity index (χ2v) is 6.80. The van der Waals surface area contributed by atoms with Crippen LogP contribution < -0.4 is 16.0 Å². The Balaban J connectivity index is 1.70. The lowest BCUT2D eigenvalue weighted by atomic mass is 10.1. The van der Waals surface area contributed by atoms with Gasteiger partial charge < -0.3 is 16.0 Å². The second kappa shape index (κ2) is 7.97. The van der Waals surface area contributed by atoms with Crippen molar-refractivity contribution in [2.75, 3.05) is 6.54 Å². The Labute approximate surface area is 145 Å². The molecule has 0 spiro atoms. The van der Waals surface area contributed by atoms with Crippen molar-refractivity contribution in [3.8, 4) is 0 Å². The average Bonchev–Trinajstić information content (AvgIpc) is 3.06. The zero-order valence-corrected chi connectivity index (χ0v) is 14.1. The molecule has 3 amide bonds. The highest BCUT2D eigenvalue weighted by molar-refractivity contribution is 7.10.